The highest BCUT2D eigenvalue weighted by atomic mass is 79.9. The van der Waals surface area contributed by atoms with Crippen LogP contribution in [0.1, 0.15) is 24.9 Å². The first kappa shape index (κ1) is 15.0. The minimum atomic E-state index is -2.84. The molecule has 1 aliphatic rings. The van der Waals surface area contributed by atoms with Gasteiger partial charge in [-0.2, -0.15) is 0 Å². The Morgan fingerprint density at radius 3 is 2.72 bits per heavy atom. The molecule has 1 N–H and O–H groups in total. The molecule has 2 heterocycles. The minimum Gasteiger partial charge on any atom is -0.310 e. The molecular weight excluding hydrogens is 402 g/mol. The summed E-state index contributed by atoms with van der Waals surface area (Å²) in [6, 6.07) is 2.19. The molecule has 0 aromatic carbocycles. The van der Waals surface area contributed by atoms with Crippen LogP contribution in [-0.4, -0.2) is 26.5 Å². The van der Waals surface area contributed by atoms with Gasteiger partial charge in [0.1, 0.15) is 0 Å². The zero-order valence-corrected chi connectivity index (χ0v) is 14.8. The fourth-order valence-electron chi connectivity index (χ4n) is 2.40. The zero-order valence-electron chi connectivity index (χ0n) is 9.95. The van der Waals surface area contributed by atoms with Crippen molar-refractivity contribution in [3.05, 3.63) is 19.2 Å². The van der Waals surface area contributed by atoms with Gasteiger partial charge in [0, 0.05) is 6.04 Å². The number of sulfone groups is 1. The van der Waals surface area contributed by atoms with Gasteiger partial charge >= 0.3 is 0 Å². The first-order valence-corrected chi connectivity index (χ1v) is 10.0. The molecule has 1 aliphatic heterocycles. The second-order valence-corrected chi connectivity index (χ2v) is 10.5. The minimum absolute atomic E-state index is 0.115. The smallest absolute Gasteiger partial charge is 0.150 e. The van der Waals surface area contributed by atoms with Gasteiger partial charge in [0.05, 0.1) is 19.1 Å². The van der Waals surface area contributed by atoms with E-state index >= 15 is 0 Å². The average Bonchev–Trinajstić information content (AvgIpc) is 2.78. The molecule has 2 rings (SSSR count). The van der Waals surface area contributed by atoms with E-state index in [1.165, 1.54) is 0 Å². The number of halogens is 2. The lowest BCUT2D eigenvalue weighted by atomic mass is 9.94. The van der Waals surface area contributed by atoms with Gasteiger partial charge in [0.2, 0.25) is 0 Å². The topological polar surface area (TPSA) is 46.2 Å². The van der Waals surface area contributed by atoms with Gasteiger partial charge in [0.15, 0.2) is 9.84 Å². The van der Waals surface area contributed by atoms with E-state index in [9.17, 15) is 8.42 Å². The van der Waals surface area contributed by atoms with E-state index in [0.717, 1.165) is 26.1 Å². The van der Waals surface area contributed by atoms with E-state index in [1.807, 2.05) is 6.92 Å². The number of hydrogen-bond acceptors (Lipinski definition) is 4. The van der Waals surface area contributed by atoms with Crippen molar-refractivity contribution in [3.63, 3.8) is 0 Å². The molecule has 0 radical (unpaired) electrons. The summed E-state index contributed by atoms with van der Waals surface area (Å²) in [7, 11) is -2.84. The summed E-state index contributed by atoms with van der Waals surface area (Å²) < 4.78 is 25.4. The maximum Gasteiger partial charge on any atom is 0.150 e. The van der Waals surface area contributed by atoms with Gasteiger partial charge in [-0.15, -0.1) is 11.3 Å². The average molecular weight is 417 g/mol. The molecule has 0 aliphatic carbocycles. The van der Waals surface area contributed by atoms with Crippen molar-refractivity contribution < 1.29 is 8.42 Å². The molecule has 1 aromatic heterocycles. The second kappa shape index (κ2) is 5.91. The third-order valence-electron chi connectivity index (χ3n) is 3.18. The van der Waals surface area contributed by atoms with Crippen molar-refractivity contribution in [1.29, 1.82) is 0 Å². The second-order valence-electron chi connectivity index (χ2n) is 4.48. The molecule has 7 heteroatoms. The standard InChI is InChI=1S/C11H15Br2NO2S2/c1-2-14-10(7-3-4-18(15,16)6-7)8-5-9(12)17-11(8)13/h5,7,10,14H,2-4,6H2,1H3. The molecule has 1 fully saturated rings. The van der Waals surface area contributed by atoms with E-state index in [1.54, 1.807) is 11.3 Å². The molecule has 0 spiro atoms. The van der Waals surface area contributed by atoms with Gasteiger partial charge in [0.25, 0.3) is 0 Å². The number of hydrogen-bond donors (Lipinski definition) is 1. The summed E-state index contributed by atoms with van der Waals surface area (Å²) in [4.78, 5) is 0. The lowest BCUT2D eigenvalue weighted by Crippen LogP contribution is -2.29. The van der Waals surface area contributed by atoms with E-state index in [4.69, 9.17) is 0 Å². The van der Waals surface area contributed by atoms with E-state index in [-0.39, 0.29) is 12.0 Å². The Labute approximate surface area is 129 Å². The van der Waals surface area contributed by atoms with Crippen molar-refractivity contribution in [2.75, 3.05) is 18.1 Å². The van der Waals surface area contributed by atoms with E-state index < -0.39 is 9.84 Å². The Bertz CT molecular complexity index is 527. The third-order valence-corrected chi connectivity index (χ3v) is 7.36. The summed E-state index contributed by atoms with van der Waals surface area (Å²) in [5.74, 6) is 0.792. The molecular formula is C11H15Br2NO2S2. The number of nitrogens with one attached hydrogen (secondary N) is 1. The predicted octanol–water partition coefficient (Wildman–Crippen LogP) is 3.36. The monoisotopic (exact) mass is 415 g/mol. The molecule has 0 bridgehead atoms. The molecule has 18 heavy (non-hydrogen) atoms. The molecule has 2 unspecified atom stereocenters. The quantitative estimate of drug-likeness (QED) is 0.818. The van der Waals surface area contributed by atoms with Crippen LogP contribution in [0, 0.1) is 5.92 Å². The summed E-state index contributed by atoms with van der Waals surface area (Å²) in [5, 5.41) is 3.42. The van der Waals surface area contributed by atoms with Crippen molar-refractivity contribution in [2.24, 2.45) is 5.92 Å². The molecule has 3 nitrogen and oxygen atoms in total. The Balaban J connectivity index is 2.26. The van der Waals surface area contributed by atoms with Crippen LogP contribution in [0.25, 0.3) is 0 Å². The van der Waals surface area contributed by atoms with Crippen LogP contribution in [-0.2, 0) is 9.84 Å². The molecule has 2 atom stereocenters. The maximum absolute atomic E-state index is 11.6. The van der Waals surface area contributed by atoms with Crippen LogP contribution in [0.2, 0.25) is 0 Å². The molecule has 1 saturated heterocycles. The molecule has 0 saturated carbocycles. The Morgan fingerprint density at radius 2 is 2.28 bits per heavy atom. The summed E-state index contributed by atoms with van der Waals surface area (Å²) in [5.41, 5.74) is 1.16. The van der Waals surface area contributed by atoms with Crippen LogP contribution in [0.3, 0.4) is 0 Å². The predicted molar refractivity (Wildman–Crippen MR) is 82.9 cm³/mol. The van der Waals surface area contributed by atoms with Gasteiger partial charge in [-0.3, -0.25) is 0 Å². The fourth-order valence-corrected chi connectivity index (χ4v) is 7.17. The molecule has 0 amide bonds. The largest absolute Gasteiger partial charge is 0.310 e. The van der Waals surface area contributed by atoms with Crippen LogP contribution in [0.4, 0.5) is 0 Å². The zero-order chi connectivity index (χ0) is 13.3. The van der Waals surface area contributed by atoms with Crippen LogP contribution >= 0.6 is 43.2 Å². The lowest BCUT2D eigenvalue weighted by molar-refractivity contribution is 0.400. The first-order valence-electron chi connectivity index (χ1n) is 5.81. The fraction of sp³-hybridized carbons (Fsp3) is 0.636. The molecule has 1 aromatic rings. The number of thiophene rings is 1. The van der Waals surface area contributed by atoms with Crippen molar-refractivity contribution >= 4 is 53.0 Å². The van der Waals surface area contributed by atoms with Crippen LogP contribution in [0.5, 0.6) is 0 Å². The normalized spacial score (nSPS) is 24.3. The van der Waals surface area contributed by atoms with Gasteiger partial charge in [-0.25, -0.2) is 8.42 Å². The van der Waals surface area contributed by atoms with Gasteiger partial charge < -0.3 is 5.32 Å². The highest BCUT2D eigenvalue weighted by molar-refractivity contribution is 9.12. The molecule has 102 valence electrons. The number of rotatable bonds is 4. The SMILES string of the molecule is CCNC(c1cc(Br)sc1Br)C1CCS(=O)(=O)C1. The van der Waals surface area contributed by atoms with E-state index in [0.29, 0.717) is 11.5 Å². The van der Waals surface area contributed by atoms with Crippen LogP contribution in [0.15, 0.2) is 13.6 Å². The Morgan fingerprint density at radius 1 is 1.56 bits per heavy atom. The third kappa shape index (κ3) is 3.36. The Kier molecular flexibility index (Phi) is 4.91. The summed E-state index contributed by atoms with van der Waals surface area (Å²) in [6.07, 6.45) is 0.750. The van der Waals surface area contributed by atoms with Gasteiger partial charge in [-0.1, -0.05) is 6.92 Å². The highest BCUT2D eigenvalue weighted by Crippen LogP contribution is 2.40. The van der Waals surface area contributed by atoms with Crippen molar-refractivity contribution in [2.45, 2.75) is 19.4 Å². The lowest BCUT2D eigenvalue weighted by Gasteiger charge is -2.23. The summed E-state index contributed by atoms with van der Waals surface area (Å²) in [6.45, 7) is 2.88. The Hall–Kier alpha value is 0.570. The maximum atomic E-state index is 11.6. The van der Waals surface area contributed by atoms with Crippen LogP contribution < -0.4 is 5.32 Å². The van der Waals surface area contributed by atoms with E-state index in [2.05, 4.69) is 43.2 Å². The highest BCUT2D eigenvalue weighted by Gasteiger charge is 2.35. The van der Waals surface area contributed by atoms with Crippen molar-refractivity contribution in [3.8, 4) is 0 Å². The summed E-state index contributed by atoms with van der Waals surface area (Å²) >= 11 is 8.66. The van der Waals surface area contributed by atoms with Crippen molar-refractivity contribution in [1.82, 2.24) is 5.32 Å². The first-order chi connectivity index (χ1) is 8.43. The van der Waals surface area contributed by atoms with Gasteiger partial charge in [-0.05, 0) is 62.4 Å².